The topological polar surface area (TPSA) is 85.2 Å². The van der Waals surface area contributed by atoms with Gasteiger partial charge in [0.05, 0.1) is 11.9 Å². The molecule has 0 saturated heterocycles. The summed E-state index contributed by atoms with van der Waals surface area (Å²) in [7, 11) is 1.66. The van der Waals surface area contributed by atoms with Crippen molar-refractivity contribution in [1.29, 1.82) is 0 Å². The molecular weight excluding hydrogens is 428 g/mol. The first-order chi connectivity index (χ1) is 15.2. The fourth-order valence-electron chi connectivity index (χ4n) is 3.11. The minimum Gasteiger partial charge on any atom is -0.489 e. The zero-order chi connectivity index (χ0) is 23.3. The van der Waals surface area contributed by atoms with Crippen LogP contribution in [0.15, 0.2) is 48.7 Å². The first-order valence-electron chi connectivity index (χ1n) is 10.3. The quantitative estimate of drug-likeness (QED) is 0.521. The number of ether oxygens (including phenoxy) is 1. The predicted molar refractivity (Wildman–Crippen MR) is 125 cm³/mol. The van der Waals surface area contributed by atoms with Gasteiger partial charge in [0.25, 0.3) is 11.8 Å². The molecule has 2 amide bonds. The first-order valence-corrected chi connectivity index (χ1v) is 10.7. The van der Waals surface area contributed by atoms with Crippen LogP contribution in [0.5, 0.6) is 5.75 Å². The van der Waals surface area contributed by atoms with E-state index >= 15 is 0 Å². The Morgan fingerprint density at radius 1 is 1.16 bits per heavy atom. The third-order valence-electron chi connectivity index (χ3n) is 4.79. The molecule has 8 heteroatoms. The highest BCUT2D eigenvalue weighted by Gasteiger charge is 2.19. The second-order valence-corrected chi connectivity index (χ2v) is 8.42. The molecule has 0 saturated carbocycles. The Morgan fingerprint density at radius 3 is 2.66 bits per heavy atom. The van der Waals surface area contributed by atoms with Gasteiger partial charge in [0.1, 0.15) is 18.1 Å². The molecule has 3 aromatic rings. The molecular formula is C24H27ClN4O3. The maximum absolute atomic E-state index is 12.8. The van der Waals surface area contributed by atoms with Crippen LogP contribution in [-0.2, 0) is 13.7 Å². The van der Waals surface area contributed by atoms with E-state index in [9.17, 15) is 9.59 Å². The Bertz CT molecular complexity index is 1120. The molecule has 168 valence electrons. The van der Waals surface area contributed by atoms with E-state index in [1.54, 1.807) is 31.3 Å². The Kier molecular flexibility index (Phi) is 7.53. The van der Waals surface area contributed by atoms with Crippen LogP contribution in [0.4, 0.5) is 5.69 Å². The molecule has 0 radical (unpaired) electrons. The zero-order valence-corrected chi connectivity index (χ0v) is 19.4. The van der Waals surface area contributed by atoms with E-state index in [2.05, 4.69) is 15.7 Å². The van der Waals surface area contributed by atoms with Gasteiger partial charge in [-0.05, 0) is 54.3 Å². The van der Waals surface area contributed by atoms with E-state index in [1.165, 1.54) is 10.9 Å². The van der Waals surface area contributed by atoms with Gasteiger partial charge in [-0.15, -0.1) is 0 Å². The number of carbonyl (C=O) groups is 2. The van der Waals surface area contributed by atoms with E-state index in [-0.39, 0.29) is 11.8 Å². The summed E-state index contributed by atoms with van der Waals surface area (Å²) in [6.07, 6.45) is 1.47. The summed E-state index contributed by atoms with van der Waals surface area (Å²) in [4.78, 5) is 25.4. The van der Waals surface area contributed by atoms with E-state index in [0.29, 0.717) is 41.0 Å². The number of amides is 2. The molecule has 0 aliphatic rings. The van der Waals surface area contributed by atoms with Gasteiger partial charge < -0.3 is 15.4 Å². The highest BCUT2D eigenvalue weighted by atomic mass is 35.5. The lowest BCUT2D eigenvalue weighted by molar-refractivity contribution is 0.0940. The Hall–Kier alpha value is -3.32. The number of nitrogens with one attached hydrogen (secondary N) is 2. The van der Waals surface area contributed by atoms with Gasteiger partial charge in [0.15, 0.2) is 0 Å². The number of carbonyl (C=O) groups excluding carboxylic acids is 2. The maximum Gasteiger partial charge on any atom is 0.271 e. The van der Waals surface area contributed by atoms with Crippen LogP contribution in [0.25, 0.3) is 0 Å². The largest absolute Gasteiger partial charge is 0.489 e. The third kappa shape index (κ3) is 5.88. The molecule has 1 aromatic heterocycles. The van der Waals surface area contributed by atoms with Crippen LogP contribution < -0.4 is 15.4 Å². The Labute approximate surface area is 192 Å². The molecule has 0 aliphatic carbocycles. The standard InChI is InChI=1S/C24H27ClN4O3/c1-15(2)12-26-24(31)22-20(13-27-29(22)4)28-23(30)18-7-5-6-17(11-18)14-32-21-9-8-19(25)10-16(21)3/h5-11,13,15H,12,14H2,1-4H3,(H,26,31)(H,28,30). The van der Waals surface area contributed by atoms with E-state index < -0.39 is 0 Å². The number of nitrogens with zero attached hydrogens (tertiary/aromatic N) is 2. The van der Waals surface area contributed by atoms with Crippen LogP contribution in [0.2, 0.25) is 5.02 Å². The van der Waals surface area contributed by atoms with Gasteiger partial charge in [-0.25, -0.2) is 0 Å². The monoisotopic (exact) mass is 454 g/mol. The van der Waals surface area contributed by atoms with Crippen molar-refractivity contribution in [3.8, 4) is 5.75 Å². The van der Waals surface area contributed by atoms with E-state index in [4.69, 9.17) is 16.3 Å². The Morgan fingerprint density at radius 2 is 1.94 bits per heavy atom. The fraction of sp³-hybridized carbons (Fsp3) is 0.292. The second-order valence-electron chi connectivity index (χ2n) is 7.99. The van der Waals surface area contributed by atoms with E-state index in [1.807, 2.05) is 39.0 Å². The van der Waals surface area contributed by atoms with Crippen LogP contribution >= 0.6 is 11.6 Å². The van der Waals surface area contributed by atoms with Crippen molar-refractivity contribution in [2.75, 3.05) is 11.9 Å². The van der Waals surface area contributed by atoms with Crippen LogP contribution in [0.1, 0.15) is 45.8 Å². The number of halogens is 1. The lowest BCUT2D eigenvalue weighted by atomic mass is 10.1. The Balaban J connectivity index is 1.69. The molecule has 2 N–H and O–H groups in total. The summed E-state index contributed by atoms with van der Waals surface area (Å²) in [5.41, 5.74) is 2.89. The SMILES string of the molecule is Cc1cc(Cl)ccc1OCc1cccc(C(=O)Nc2cnn(C)c2C(=O)NCC(C)C)c1. The fourth-order valence-corrected chi connectivity index (χ4v) is 3.34. The lowest BCUT2D eigenvalue weighted by Gasteiger charge is -2.12. The lowest BCUT2D eigenvalue weighted by Crippen LogP contribution is -2.30. The third-order valence-corrected chi connectivity index (χ3v) is 5.03. The van der Waals surface area contributed by atoms with Crippen LogP contribution in [0, 0.1) is 12.8 Å². The minimum atomic E-state index is -0.333. The maximum atomic E-state index is 12.8. The number of rotatable bonds is 8. The summed E-state index contributed by atoms with van der Waals surface area (Å²) >= 11 is 5.99. The molecule has 0 unspecified atom stereocenters. The number of anilines is 1. The molecule has 0 aliphatic heterocycles. The van der Waals surface area contributed by atoms with Crippen molar-refractivity contribution in [3.63, 3.8) is 0 Å². The van der Waals surface area contributed by atoms with Gasteiger partial charge in [0.2, 0.25) is 0 Å². The van der Waals surface area contributed by atoms with Crippen LogP contribution in [0.3, 0.4) is 0 Å². The summed E-state index contributed by atoms with van der Waals surface area (Å²) in [6, 6.07) is 12.6. The number of hydrogen-bond acceptors (Lipinski definition) is 4. The molecule has 0 bridgehead atoms. The van der Waals surface area contributed by atoms with Gasteiger partial charge in [-0.2, -0.15) is 5.10 Å². The van der Waals surface area contributed by atoms with Crippen molar-refractivity contribution >= 4 is 29.1 Å². The van der Waals surface area contributed by atoms with Crippen molar-refractivity contribution in [3.05, 3.63) is 76.1 Å². The van der Waals surface area contributed by atoms with Crippen molar-refractivity contribution in [2.45, 2.75) is 27.4 Å². The number of benzene rings is 2. The zero-order valence-electron chi connectivity index (χ0n) is 18.6. The average Bonchev–Trinajstić information content (AvgIpc) is 3.11. The molecule has 2 aromatic carbocycles. The summed E-state index contributed by atoms with van der Waals surface area (Å²) < 4.78 is 7.32. The number of aryl methyl sites for hydroxylation is 2. The first kappa shape index (κ1) is 23.3. The molecule has 3 rings (SSSR count). The van der Waals surface area contributed by atoms with Crippen LogP contribution in [-0.4, -0.2) is 28.1 Å². The van der Waals surface area contributed by atoms with Crippen molar-refractivity contribution in [2.24, 2.45) is 13.0 Å². The molecule has 0 spiro atoms. The smallest absolute Gasteiger partial charge is 0.271 e. The normalized spacial score (nSPS) is 10.8. The van der Waals surface area contributed by atoms with Gasteiger partial charge in [-0.1, -0.05) is 37.6 Å². The molecule has 7 nitrogen and oxygen atoms in total. The van der Waals surface area contributed by atoms with Crippen molar-refractivity contribution in [1.82, 2.24) is 15.1 Å². The number of hydrogen-bond donors (Lipinski definition) is 2. The summed E-state index contributed by atoms with van der Waals surface area (Å²) in [5, 5.41) is 10.4. The van der Waals surface area contributed by atoms with Gasteiger partial charge in [0, 0.05) is 24.2 Å². The minimum absolute atomic E-state index is 0.283. The molecule has 0 atom stereocenters. The van der Waals surface area contributed by atoms with E-state index in [0.717, 1.165) is 16.9 Å². The second kappa shape index (κ2) is 10.3. The highest BCUT2D eigenvalue weighted by molar-refractivity contribution is 6.30. The highest BCUT2D eigenvalue weighted by Crippen LogP contribution is 2.23. The molecule has 1 heterocycles. The average molecular weight is 455 g/mol. The predicted octanol–water partition coefficient (Wildman–Crippen LogP) is 4.60. The number of aromatic nitrogens is 2. The molecule has 32 heavy (non-hydrogen) atoms. The summed E-state index contributed by atoms with van der Waals surface area (Å²) in [6.45, 7) is 6.79. The van der Waals surface area contributed by atoms with Gasteiger partial charge in [-0.3, -0.25) is 14.3 Å². The van der Waals surface area contributed by atoms with Crippen molar-refractivity contribution < 1.29 is 14.3 Å². The van der Waals surface area contributed by atoms with Gasteiger partial charge >= 0.3 is 0 Å². The molecule has 0 fully saturated rings. The summed E-state index contributed by atoms with van der Waals surface area (Å²) in [5.74, 6) is 0.429.